The van der Waals surface area contributed by atoms with Crippen molar-refractivity contribution in [1.29, 1.82) is 5.26 Å². The molecule has 1 atom stereocenters. The minimum atomic E-state index is -3.41. The van der Waals surface area contributed by atoms with Crippen molar-refractivity contribution in [2.75, 3.05) is 26.2 Å². The molecule has 1 fully saturated rings. The second-order valence-electron chi connectivity index (χ2n) is 5.19. The van der Waals surface area contributed by atoms with Crippen LogP contribution in [-0.2, 0) is 10.0 Å². The van der Waals surface area contributed by atoms with Crippen molar-refractivity contribution < 1.29 is 8.42 Å². The van der Waals surface area contributed by atoms with Crippen LogP contribution in [0.5, 0.6) is 0 Å². The Morgan fingerprint density at radius 2 is 1.81 bits per heavy atom. The highest BCUT2D eigenvalue weighted by Crippen LogP contribution is 2.18. The van der Waals surface area contributed by atoms with E-state index in [0.29, 0.717) is 31.1 Å². The van der Waals surface area contributed by atoms with Crippen LogP contribution in [0.3, 0.4) is 0 Å². The normalized spacial score (nSPS) is 19.0. The minimum Gasteiger partial charge on any atom is -0.285 e. The molecule has 0 aromatic heterocycles. The Hall–Kier alpha value is -1.42. The number of nitriles is 1. The van der Waals surface area contributed by atoms with Crippen LogP contribution in [0.25, 0.3) is 0 Å². The van der Waals surface area contributed by atoms with Gasteiger partial charge in [-0.15, -0.1) is 0 Å². The second kappa shape index (κ2) is 7.03. The summed E-state index contributed by atoms with van der Waals surface area (Å²) in [6, 6.07) is 10.7. The van der Waals surface area contributed by atoms with E-state index in [-0.39, 0.29) is 6.04 Å². The minimum absolute atomic E-state index is 0.100. The molecule has 1 aliphatic rings. The molecule has 5 nitrogen and oxygen atoms in total. The van der Waals surface area contributed by atoms with Crippen LogP contribution < -0.4 is 0 Å². The lowest BCUT2D eigenvalue weighted by Crippen LogP contribution is -2.51. The molecule has 1 saturated heterocycles. The van der Waals surface area contributed by atoms with Gasteiger partial charge in [-0.2, -0.15) is 9.57 Å². The average molecular weight is 307 g/mol. The molecule has 0 N–H and O–H groups in total. The molecule has 2 rings (SSSR count). The lowest BCUT2D eigenvalue weighted by atomic mass is 10.1. The first-order chi connectivity index (χ1) is 10.1. The Balaban J connectivity index is 2.03. The van der Waals surface area contributed by atoms with Crippen LogP contribution in [0.15, 0.2) is 35.2 Å². The Morgan fingerprint density at radius 3 is 2.33 bits per heavy atom. The van der Waals surface area contributed by atoms with E-state index in [1.165, 1.54) is 4.31 Å². The van der Waals surface area contributed by atoms with Crippen molar-refractivity contribution in [3.8, 4) is 6.07 Å². The predicted molar refractivity (Wildman–Crippen MR) is 81.1 cm³/mol. The monoisotopic (exact) mass is 307 g/mol. The smallest absolute Gasteiger partial charge is 0.243 e. The molecular weight excluding hydrogens is 286 g/mol. The third-order valence-corrected chi connectivity index (χ3v) is 5.72. The van der Waals surface area contributed by atoms with Gasteiger partial charge in [0.1, 0.15) is 0 Å². The summed E-state index contributed by atoms with van der Waals surface area (Å²) in [7, 11) is -3.41. The van der Waals surface area contributed by atoms with Crippen molar-refractivity contribution >= 4 is 10.0 Å². The third-order valence-electron chi connectivity index (χ3n) is 3.81. The zero-order chi connectivity index (χ0) is 15.3. The SMILES string of the molecule is CCCC(C#N)N1CCN(S(=O)(=O)c2ccccc2)CC1. The van der Waals surface area contributed by atoms with Crippen LogP contribution in [0.2, 0.25) is 0 Å². The molecule has 21 heavy (non-hydrogen) atoms. The molecule has 114 valence electrons. The van der Waals surface area contributed by atoms with E-state index in [0.717, 1.165) is 12.8 Å². The fourth-order valence-corrected chi connectivity index (χ4v) is 4.04. The van der Waals surface area contributed by atoms with Crippen LogP contribution in [0.4, 0.5) is 0 Å². The highest BCUT2D eigenvalue weighted by atomic mass is 32.2. The number of piperazine rings is 1. The molecule has 0 saturated carbocycles. The first kappa shape index (κ1) is 16.0. The van der Waals surface area contributed by atoms with E-state index in [9.17, 15) is 13.7 Å². The summed E-state index contributed by atoms with van der Waals surface area (Å²) in [5.41, 5.74) is 0. The Morgan fingerprint density at radius 1 is 1.19 bits per heavy atom. The quantitative estimate of drug-likeness (QED) is 0.830. The molecule has 0 spiro atoms. The van der Waals surface area contributed by atoms with Crippen molar-refractivity contribution in [2.24, 2.45) is 0 Å². The molecule has 1 aromatic rings. The highest BCUT2D eigenvalue weighted by Gasteiger charge is 2.30. The van der Waals surface area contributed by atoms with Crippen molar-refractivity contribution in [3.63, 3.8) is 0 Å². The number of rotatable bonds is 5. The predicted octanol–water partition coefficient (Wildman–Crippen LogP) is 1.69. The molecule has 0 radical (unpaired) electrons. The summed E-state index contributed by atoms with van der Waals surface area (Å²) in [5, 5.41) is 9.19. The first-order valence-electron chi connectivity index (χ1n) is 7.28. The average Bonchev–Trinajstić information content (AvgIpc) is 2.53. The van der Waals surface area contributed by atoms with Crippen molar-refractivity contribution in [2.45, 2.75) is 30.7 Å². The second-order valence-corrected chi connectivity index (χ2v) is 7.12. The van der Waals surface area contributed by atoms with E-state index in [1.54, 1.807) is 30.3 Å². The summed E-state index contributed by atoms with van der Waals surface area (Å²) in [5.74, 6) is 0. The summed E-state index contributed by atoms with van der Waals surface area (Å²) in [6.45, 7) is 4.17. The lowest BCUT2D eigenvalue weighted by Gasteiger charge is -2.36. The topological polar surface area (TPSA) is 64.4 Å². The first-order valence-corrected chi connectivity index (χ1v) is 8.72. The van der Waals surface area contributed by atoms with Crippen LogP contribution >= 0.6 is 0 Å². The Labute approximate surface area is 126 Å². The van der Waals surface area contributed by atoms with Gasteiger partial charge in [-0.3, -0.25) is 4.90 Å². The number of hydrogen-bond donors (Lipinski definition) is 0. The lowest BCUT2D eigenvalue weighted by molar-refractivity contribution is 0.156. The van der Waals surface area contributed by atoms with E-state index in [4.69, 9.17) is 0 Å². The van der Waals surface area contributed by atoms with Gasteiger partial charge in [0.05, 0.1) is 17.0 Å². The van der Waals surface area contributed by atoms with E-state index in [2.05, 4.69) is 17.9 Å². The van der Waals surface area contributed by atoms with Crippen molar-refractivity contribution in [3.05, 3.63) is 30.3 Å². The van der Waals surface area contributed by atoms with E-state index in [1.807, 2.05) is 0 Å². The van der Waals surface area contributed by atoms with Gasteiger partial charge in [-0.1, -0.05) is 31.5 Å². The largest absolute Gasteiger partial charge is 0.285 e. The van der Waals surface area contributed by atoms with Gasteiger partial charge < -0.3 is 0 Å². The Bertz CT molecular complexity index is 587. The summed E-state index contributed by atoms with van der Waals surface area (Å²) >= 11 is 0. The maximum Gasteiger partial charge on any atom is 0.243 e. The van der Waals surface area contributed by atoms with Gasteiger partial charge in [0.15, 0.2) is 0 Å². The number of hydrogen-bond acceptors (Lipinski definition) is 4. The molecule has 1 heterocycles. The van der Waals surface area contributed by atoms with E-state index >= 15 is 0 Å². The molecule has 0 amide bonds. The number of sulfonamides is 1. The maximum absolute atomic E-state index is 12.5. The van der Waals surface area contributed by atoms with E-state index < -0.39 is 10.0 Å². The molecule has 0 aliphatic carbocycles. The van der Waals surface area contributed by atoms with Gasteiger partial charge in [0.2, 0.25) is 10.0 Å². The molecule has 1 aromatic carbocycles. The van der Waals surface area contributed by atoms with Gasteiger partial charge >= 0.3 is 0 Å². The summed E-state index contributed by atoms with van der Waals surface area (Å²) in [4.78, 5) is 2.42. The van der Waals surface area contributed by atoms with Gasteiger partial charge in [0.25, 0.3) is 0 Å². The van der Waals surface area contributed by atoms with Crippen molar-refractivity contribution in [1.82, 2.24) is 9.21 Å². The summed E-state index contributed by atoms with van der Waals surface area (Å²) < 4.78 is 26.5. The van der Waals surface area contributed by atoms with Crippen LogP contribution in [0.1, 0.15) is 19.8 Å². The fraction of sp³-hybridized carbons (Fsp3) is 0.533. The molecular formula is C15H21N3O2S. The standard InChI is InChI=1S/C15H21N3O2S/c1-2-6-14(13-16)17-9-11-18(12-10-17)21(19,20)15-7-4-3-5-8-15/h3-5,7-8,14H,2,6,9-12H2,1H3. The molecule has 1 unspecified atom stereocenters. The number of nitrogens with zero attached hydrogens (tertiary/aromatic N) is 3. The fourth-order valence-electron chi connectivity index (χ4n) is 2.60. The maximum atomic E-state index is 12.5. The van der Waals surface area contributed by atoms with Gasteiger partial charge in [-0.25, -0.2) is 8.42 Å². The van der Waals surface area contributed by atoms with Gasteiger partial charge in [0, 0.05) is 26.2 Å². The Kier molecular flexibility index (Phi) is 5.34. The third kappa shape index (κ3) is 3.62. The molecule has 0 bridgehead atoms. The molecule has 6 heteroatoms. The highest BCUT2D eigenvalue weighted by molar-refractivity contribution is 7.89. The zero-order valence-corrected chi connectivity index (χ0v) is 13.1. The van der Waals surface area contributed by atoms with Crippen LogP contribution in [0, 0.1) is 11.3 Å². The number of benzene rings is 1. The van der Waals surface area contributed by atoms with Crippen LogP contribution in [-0.4, -0.2) is 49.8 Å². The summed E-state index contributed by atoms with van der Waals surface area (Å²) in [6.07, 6.45) is 1.79. The zero-order valence-electron chi connectivity index (χ0n) is 12.3. The molecule has 1 aliphatic heterocycles. The van der Waals surface area contributed by atoms with Gasteiger partial charge in [-0.05, 0) is 18.6 Å².